The van der Waals surface area contributed by atoms with Crippen LogP contribution in [-0.4, -0.2) is 18.8 Å². The van der Waals surface area contributed by atoms with E-state index in [2.05, 4.69) is 20.8 Å². The number of nitrogens with two attached hydrogens (primary N) is 1. The Labute approximate surface area is 137 Å². The van der Waals surface area contributed by atoms with Crippen molar-refractivity contribution in [3.05, 3.63) is 41.2 Å². The van der Waals surface area contributed by atoms with E-state index in [4.69, 9.17) is 15.0 Å². The first kappa shape index (κ1) is 15.2. The van der Waals surface area contributed by atoms with Crippen LogP contribution in [0, 0.1) is 23.1 Å². The molecule has 4 aliphatic rings. The number of hydrogen-bond donors (Lipinski definition) is 1. The maximum atomic E-state index is 13.0. The highest BCUT2D eigenvalue weighted by atomic mass is 19.1. The lowest BCUT2D eigenvalue weighted by Crippen LogP contribution is -2.65. The Kier molecular flexibility index (Phi) is 3.20. The van der Waals surface area contributed by atoms with Gasteiger partial charge < -0.3 is 15.0 Å². The number of benzene rings is 1. The number of halogens is 1. The second-order valence-electron chi connectivity index (χ2n) is 8.00. The fourth-order valence-corrected chi connectivity index (χ4v) is 4.83. The predicted molar refractivity (Wildman–Crippen MR) is 88.7 cm³/mol. The largest absolute Gasteiger partial charge is 0.511 e. The zero-order chi connectivity index (χ0) is 16.4. The molecule has 2 bridgehead atoms. The van der Waals surface area contributed by atoms with Crippen molar-refractivity contribution in [1.29, 1.82) is 0 Å². The van der Waals surface area contributed by atoms with Crippen LogP contribution in [-0.2, 0) is 9.31 Å². The summed E-state index contributed by atoms with van der Waals surface area (Å²) in [6.07, 6.45) is 4.18. The molecule has 0 aromatic heterocycles. The van der Waals surface area contributed by atoms with E-state index in [1.54, 1.807) is 18.2 Å². The fraction of sp³-hybridized carbons (Fsp3) is 0.556. The Bertz CT molecular complexity index is 659. The minimum atomic E-state index is -0.509. The van der Waals surface area contributed by atoms with Crippen molar-refractivity contribution in [2.45, 2.75) is 45.3 Å². The Morgan fingerprint density at radius 1 is 1.26 bits per heavy atom. The van der Waals surface area contributed by atoms with Gasteiger partial charge in [-0.05, 0) is 60.8 Å². The quantitative estimate of drug-likeness (QED) is 0.851. The van der Waals surface area contributed by atoms with Gasteiger partial charge in [0.05, 0.1) is 11.7 Å². The molecule has 0 unspecified atom stereocenters. The lowest BCUT2D eigenvalue weighted by Gasteiger charge is -2.64. The monoisotopic (exact) mass is 315 g/mol. The van der Waals surface area contributed by atoms with E-state index in [0.717, 1.165) is 17.9 Å². The van der Waals surface area contributed by atoms with Crippen molar-refractivity contribution < 1.29 is 13.7 Å². The van der Waals surface area contributed by atoms with Crippen LogP contribution in [0.5, 0.6) is 0 Å². The smallest absolute Gasteiger partial charge is 0.405 e. The standard InChI is InChI=1S/C18H23BFNO2/c1-17(2)12-9-14(17)18(3)15(10-12)22-19(23-18)16(21)8-11-4-6-13(20)7-5-11/h4-8,12,14-15H,9-10,21H2,1-3H3/b16-8+/t12-,14-,15+,18-/m0/s1. The lowest BCUT2D eigenvalue weighted by atomic mass is 9.43. The summed E-state index contributed by atoms with van der Waals surface area (Å²) < 4.78 is 25.4. The second kappa shape index (κ2) is 4.84. The van der Waals surface area contributed by atoms with Crippen LogP contribution in [0.1, 0.15) is 39.2 Å². The molecule has 3 saturated carbocycles. The molecule has 1 aromatic rings. The first-order valence-electron chi connectivity index (χ1n) is 8.36. The number of rotatable bonds is 2. The lowest BCUT2D eigenvalue weighted by molar-refractivity contribution is -0.199. The van der Waals surface area contributed by atoms with E-state index in [1.165, 1.54) is 18.6 Å². The Morgan fingerprint density at radius 2 is 1.96 bits per heavy atom. The van der Waals surface area contributed by atoms with Gasteiger partial charge in [0.15, 0.2) is 0 Å². The summed E-state index contributed by atoms with van der Waals surface area (Å²) >= 11 is 0. The van der Waals surface area contributed by atoms with Gasteiger partial charge in [-0.2, -0.15) is 0 Å². The molecule has 1 aliphatic heterocycles. The van der Waals surface area contributed by atoms with E-state index in [9.17, 15) is 4.39 Å². The molecule has 3 aliphatic carbocycles. The molecule has 122 valence electrons. The first-order chi connectivity index (χ1) is 10.8. The molecule has 1 saturated heterocycles. The van der Waals surface area contributed by atoms with E-state index in [1.807, 2.05) is 0 Å². The highest BCUT2D eigenvalue weighted by molar-refractivity contribution is 6.55. The number of hydrogen-bond acceptors (Lipinski definition) is 3. The molecule has 4 atom stereocenters. The molecule has 2 N–H and O–H groups in total. The van der Waals surface area contributed by atoms with Gasteiger partial charge in [0.1, 0.15) is 5.82 Å². The van der Waals surface area contributed by atoms with Crippen LogP contribution < -0.4 is 5.73 Å². The molecule has 3 nitrogen and oxygen atoms in total. The van der Waals surface area contributed by atoms with Gasteiger partial charge in [0.2, 0.25) is 0 Å². The molecule has 1 heterocycles. The van der Waals surface area contributed by atoms with Crippen molar-refractivity contribution in [3.8, 4) is 0 Å². The third-order valence-electron chi connectivity index (χ3n) is 6.42. The molecule has 5 heteroatoms. The topological polar surface area (TPSA) is 44.5 Å². The average Bonchev–Trinajstić information content (AvgIpc) is 2.86. The third-order valence-corrected chi connectivity index (χ3v) is 6.42. The minimum absolute atomic E-state index is 0.115. The van der Waals surface area contributed by atoms with Crippen LogP contribution in [0.4, 0.5) is 4.39 Å². The van der Waals surface area contributed by atoms with Crippen molar-refractivity contribution >= 4 is 13.2 Å². The summed E-state index contributed by atoms with van der Waals surface area (Å²) in [5, 5.41) is 0. The van der Waals surface area contributed by atoms with Gasteiger partial charge in [-0.25, -0.2) is 4.39 Å². The SMILES string of the molecule is CC1(C)[C@@H]2C[C@H]3OB(/C(N)=C\c4ccc(F)cc4)O[C@@]3(C)[C@H]1C2. The molecule has 4 fully saturated rings. The molecule has 23 heavy (non-hydrogen) atoms. The molecule has 0 amide bonds. The van der Waals surface area contributed by atoms with Gasteiger partial charge in [-0.3, -0.25) is 0 Å². The van der Waals surface area contributed by atoms with Crippen LogP contribution >= 0.6 is 0 Å². The van der Waals surface area contributed by atoms with E-state index in [0.29, 0.717) is 16.9 Å². The fourth-order valence-electron chi connectivity index (χ4n) is 4.83. The van der Waals surface area contributed by atoms with E-state index < -0.39 is 7.12 Å². The zero-order valence-corrected chi connectivity index (χ0v) is 13.9. The van der Waals surface area contributed by atoms with Crippen molar-refractivity contribution in [2.24, 2.45) is 23.0 Å². The average molecular weight is 315 g/mol. The Balaban J connectivity index is 1.55. The van der Waals surface area contributed by atoms with Gasteiger partial charge in [0, 0.05) is 5.60 Å². The Hall–Kier alpha value is -1.33. The molecule has 5 rings (SSSR count). The minimum Gasteiger partial charge on any atom is -0.405 e. The van der Waals surface area contributed by atoms with Crippen molar-refractivity contribution in [1.82, 2.24) is 0 Å². The van der Waals surface area contributed by atoms with Crippen LogP contribution in [0.15, 0.2) is 29.9 Å². The van der Waals surface area contributed by atoms with Crippen LogP contribution in [0.3, 0.4) is 0 Å². The summed E-state index contributed by atoms with van der Waals surface area (Å²) in [6.45, 7) is 6.84. The third kappa shape index (κ3) is 2.17. The molecular formula is C18H23BFNO2. The van der Waals surface area contributed by atoms with Gasteiger partial charge >= 0.3 is 7.12 Å². The van der Waals surface area contributed by atoms with Gasteiger partial charge in [0.25, 0.3) is 0 Å². The van der Waals surface area contributed by atoms with Crippen molar-refractivity contribution in [3.63, 3.8) is 0 Å². The first-order valence-corrected chi connectivity index (χ1v) is 8.36. The molecule has 0 spiro atoms. The summed E-state index contributed by atoms with van der Waals surface area (Å²) in [5.74, 6) is 0.979. The van der Waals surface area contributed by atoms with Crippen LogP contribution in [0.2, 0.25) is 0 Å². The summed E-state index contributed by atoms with van der Waals surface area (Å²) in [5.41, 5.74) is 7.66. The summed E-state index contributed by atoms with van der Waals surface area (Å²) in [7, 11) is -0.509. The molecule has 0 radical (unpaired) electrons. The second-order valence-corrected chi connectivity index (χ2v) is 8.00. The summed E-state index contributed by atoms with van der Waals surface area (Å²) in [6, 6.07) is 6.25. The normalized spacial score (nSPS) is 38.2. The van der Waals surface area contributed by atoms with Crippen LogP contribution in [0.25, 0.3) is 6.08 Å². The van der Waals surface area contributed by atoms with E-state index >= 15 is 0 Å². The van der Waals surface area contributed by atoms with Gasteiger partial charge in [-0.15, -0.1) is 0 Å². The maximum absolute atomic E-state index is 13.0. The highest BCUT2D eigenvalue weighted by Gasteiger charge is 2.68. The molecule has 1 aromatic carbocycles. The summed E-state index contributed by atoms with van der Waals surface area (Å²) in [4.78, 5) is 0. The molecular weight excluding hydrogens is 292 g/mol. The van der Waals surface area contributed by atoms with Crippen molar-refractivity contribution in [2.75, 3.05) is 0 Å². The van der Waals surface area contributed by atoms with E-state index in [-0.39, 0.29) is 17.5 Å². The highest BCUT2D eigenvalue weighted by Crippen LogP contribution is 2.65. The Morgan fingerprint density at radius 3 is 2.61 bits per heavy atom. The zero-order valence-electron chi connectivity index (χ0n) is 13.9. The predicted octanol–water partition coefficient (Wildman–Crippen LogP) is 3.39. The van der Waals surface area contributed by atoms with Gasteiger partial charge in [-0.1, -0.05) is 26.0 Å². The maximum Gasteiger partial charge on any atom is 0.511 e.